The normalized spacial score (nSPS) is 12.1. The highest BCUT2D eigenvalue weighted by molar-refractivity contribution is 6.18. The van der Waals surface area contributed by atoms with Crippen LogP contribution in [0.1, 0.15) is 0 Å². The Morgan fingerprint density at radius 3 is 1.88 bits per heavy atom. The van der Waals surface area contributed by atoms with Crippen molar-refractivity contribution in [3.05, 3.63) is 164 Å². The molecule has 0 N–H and O–H groups in total. The lowest BCUT2D eigenvalue weighted by atomic mass is 9.93. The van der Waals surface area contributed by atoms with E-state index in [4.69, 9.17) is 8.83 Å². The lowest BCUT2D eigenvalue weighted by Crippen LogP contribution is -1.95. The van der Waals surface area contributed by atoms with Crippen molar-refractivity contribution in [2.45, 2.75) is 0 Å². The number of nitrogens with zero attached hydrogens (tertiary/aromatic N) is 1. The molecule has 8 aromatic carbocycles. The molecule has 3 aromatic heterocycles. The maximum absolute atomic E-state index is 6.67. The van der Waals surface area contributed by atoms with Crippen LogP contribution in [0.4, 0.5) is 0 Å². The highest BCUT2D eigenvalue weighted by Crippen LogP contribution is 2.45. The number of hydrogen-bond donors (Lipinski definition) is 0. The molecule has 0 aliphatic heterocycles. The molecule has 0 saturated heterocycles. The lowest BCUT2D eigenvalue weighted by Gasteiger charge is -2.14. The van der Waals surface area contributed by atoms with Crippen LogP contribution in [0.2, 0.25) is 0 Å². The largest absolute Gasteiger partial charge is 0.456 e. The third kappa shape index (κ3) is 3.84. The molecule has 0 atom stereocenters. The molecule has 0 fully saturated rings. The van der Waals surface area contributed by atoms with Crippen LogP contribution < -0.4 is 0 Å². The molecule has 0 spiro atoms. The monoisotopic (exact) mass is 625 g/mol. The van der Waals surface area contributed by atoms with Crippen LogP contribution in [0, 0.1) is 0 Å². The minimum Gasteiger partial charge on any atom is -0.456 e. The molecule has 0 amide bonds. The zero-order chi connectivity index (χ0) is 32.1. The lowest BCUT2D eigenvalue weighted by molar-refractivity contribution is 0.668. The van der Waals surface area contributed by atoms with Gasteiger partial charge in [0.2, 0.25) is 0 Å². The van der Waals surface area contributed by atoms with Crippen molar-refractivity contribution >= 4 is 76.5 Å². The summed E-state index contributed by atoms with van der Waals surface area (Å²) in [5.74, 6) is 0. The van der Waals surface area contributed by atoms with Gasteiger partial charge in [-0.2, -0.15) is 0 Å². The van der Waals surface area contributed by atoms with Crippen LogP contribution >= 0.6 is 0 Å². The number of para-hydroxylation sites is 3. The molecule has 3 heterocycles. The predicted octanol–water partition coefficient (Wildman–Crippen LogP) is 13.1. The van der Waals surface area contributed by atoms with E-state index in [9.17, 15) is 0 Å². The zero-order valence-electron chi connectivity index (χ0n) is 26.4. The van der Waals surface area contributed by atoms with E-state index in [1.807, 2.05) is 12.1 Å². The molecule has 3 nitrogen and oxygen atoms in total. The van der Waals surface area contributed by atoms with Crippen molar-refractivity contribution in [3.63, 3.8) is 0 Å². The molecule has 0 radical (unpaired) electrons. The summed E-state index contributed by atoms with van der Waals surface area (Å²) in [6, 6.07) is 58.4. The average Bonchev–Trinajstić information content (AvgIpc) is 3.83. The van der Waals surface area contributed by atoms with E-state index in [-0.39, 0.29) is 0 Å². The van der Waals surface area contributed by atoms with E-state index in [2.05, 4.69) is 156 Å². The smallest absolute Gasteiger partial charge is 0.143 e. The molecule has 0 aliphatic rings. The molecule has 11 rings (SSSR count). The highest BCUT2D eigenvalue weighted by Gasteiger charge is 2.21. The van der Waals surface area contributed by atoms with Gasteiger partial charge < -0.3 is 13.4 Å². The van der Waals surface area contributed by atoms with Gasteiger partial charge in [-0.3, -0.25) is 0 Å². The summed E-state index contributed by atoms with van der Waals surface area (Å²) in [7, 11) is 0. The first-order valence-corrected chi connectivity index (χ1v) is 16.7. The summed E-state index contributed by atoms with van der Waals surface area (Å²) in [6.07, 6.45) is 0. The van der Waals surface area contributed by atoms with E-state index in [1.165, 1.54) is 27.1 Å². The predicted molar refractivity (Wildman–Crippen MR) is 204 cm³/mol. The van der Waals surface area contributed by atoms with Crippen molar-refractivity contribution in [1.82, 2.24) is 4.57 Å². The summed E-state index contributed by atoms with van der Waals surface area (Å²) < 4.78 is 15.6. The van der Waals surface area contributed by atoms with Gasteiger partial charge >= 0.3 is 0 Å². The van der Waals surface area contributed by atoms with Gasteiger partial charge in [0.05, 0.1) is 16.7 Å². The Morgan fingerprint density at radius 2 is 1.04 bits per heavy atom. The van der Waals surface area contributed by atoms with Gasteiger partial charge in [-0.1, -0.05) is 109 Å². The molecular formula is C46H27NO2. The first-order chi connectivity index (χ1) is 24.3. The molecule has 0 aliphatic carbocycles. The maximum atomic E-state index is 6.67. The number of aromatic nitrogens is 1. The van der Waals surface area contributed by atoms with Crippen molar-refractivity contribution in [3.8, 4) is 27.9 Å². The summed E-state index contributed by atoms with van der Waals surface area (Å²) in [6.45, 7) is 0. The summed E-state index contributed by atoms with van der Waals surface area (Å²) >= 11 is 0. The second-order valence-electron chi connectivity index (χ2n) is 12.9. The standard InChI is InChI=1S/C46H27NO2/c1-2-12-28(13-3-1)37-23-31(24-39-34-17-7-10-20-42(34)49-46(37)39)36-26-32(27-44-45(36)35-18-8-11-21-43(35)48-44)47-40-19-9-6-16-33(40)38-22-29-14-4-5-15-30(29)25-41(38)47/h1-27H. The Labute approximate surface area is 280 Å². The number of furan rings is 2. The van der Waals surface area contributed by atoms with Crippen molar-refractivity contribution in [1.29, 1.82) is 0 Å². The summed E-state index contributed by atoms with van der Waals surface area (Å²) in [5, 5.41) is 9.33. The molecule has 11 aromatic rings. The first kappa shape index (κ1) is 26.5. The molecule has 0 bridgehead atoms. The van der Waals surface area contributed by atoms with Gasteiger partial charge in [0.25, 0.3) is 0 Å². The molecule has 0 saturated carbocycles. The fourth-order valence-corrected chi connectivity index (χ4v) is 7.94. The minimum atomic E-state index is 0.860. The topological polar surface area (TPSA) is 31.2 Å². The summed E-state index contributed by atoms with van der Waals surface area (Å²) in [5.41, 5.74) is 11.3. The van der Waals surface area contributed by atoms with Crippen LogP contribution in [0.25, 0.3) is 104 Å². The molecule has 0 unspecified atom stereocenters. The zero-order valence-corrected chi connectivity index (χ0v) is 26.4. The number of fused-ring (bicyclic) bond motifs is 10. The molecule has 49 heavy (non-hydrogen) atoms. The number of hydrogen-bond acceptors (Lipinski definition) is 2. The van der Waals surface area contributed by atoms with Gasteiger partial charge in [-0.15, -0.1) is 0 Å². The second kappa shape index (κ2) is 9.96. The van der Waals surface area contributed by atoms with Crippen LogP contribution in [0.5, 0.6) is 0 Å². The molecular weight excluding hydrogens is 599 g/mol. The fraction of sp³-hybridized carbons (Fsp3) is 0. The quantitative estimate of drug-likeness (QED) is 0.196. The first-order valence-electron chi connectivity index (χ1n) is 16.7. The van der Waals surface area contributed by atoms with Crippen molar-refractivity contribution in [2.24, 2.45) is 0 Å². The van der Waals surface area contributed by atoms with Crippen LogP contribution in [-0.4, -0.2) is 4.57 Å². The van der Waals surface area contributed by atoms with Gasteiger partial charge in [-0.25, -0.2) is 0 Å². The van der Waals surface area contributed by atoms with Crippen LogP contribution in [0.15, 0.2) is 173 Å². The Morgan fingerprint density at radius 1 is 0.367 bits per heavy atom. The highest BCUT2D eigenvalue weighted by atomic mass is 16.3. The van der Waals surface area contributed by atoms with Gasteiger partial charge in [0, 0.05) is 43.9 Å². The molecule has 3 heteroatoms. The Kier molecular flexibility index (Phi) is 5.38. The van der Waals surface area contributed by atoms with E-state index >= 15 is 0 Å². The minimum absolute atomic E-state index is 0.860. The van der Waals surface area contributed by atoms with Gasteiger partial charge in [0.15, 0.2) is 0 Å². The Bertz CT molecular complexity index is 3100. The average molecular weight is 626 g/mol. The Hall–Kier alpha value is -6.58. The number of rotatable bonds is 3. The molecule has 228 valence electrons. The fourth-order valence-electron chi connectivity index (χ4n) is 7.94. The van der Waals surface area contributed by atoms with Gasteiger partial charge in [0.1, 0.15) is 22.3 Å². The number of benzene rings is 8. The Balaban J connectivity index is 1.29. The van der Waals surface area contributed by atoms with E-state index in [1.54, 1.807) is 0 Å². The van der Waals surface area contributed by atoms with Crippen LogP contribution in [-0.2, 0) is 0 Å². The SMILES string of the molecule is c1ccc(-c2cc(-c3cc(-n4c5ccccc5c5cc6ccccc6cc54)cc4oc5ccccc5c34)cc3c2oc2ccccc23)cc1. The maximum Gasteiger partial charge on any atom is 0.143 e. The third-order valence-corrected chi connectivity index (χ3v) is 10.1. The summed E-state index contributed by atoms with van der Waals surface area (Å²) in [4.78, 5) is 0. The second-order valence-corrected chi connectivity index (χ2v) is 12.9. The third-order valence-electron chi connectivity index (χ3n) is 10.1. The van der Waals surface area contributed by atoms with Gasteiger partial charge in [-0.05, 0) is 76.0 Å². The van der Waals surface area contributed by atoms with E-state index < -0.39 is 0 Å². The van der Waals surface area contributed by atoms with E-state index in [0.717, 1.165) is 77.3 Å². The van der Waals surface area contributed by atoms with Crippen molar-refractivity contribution < 1.29 is 8.83 Å². The van der Waals surface area contributed by atoms with Crippen LogP contribution in [0.3, 0.4) is 0 Å². The van der Waals surface area contributed by atoms with Crippen molar-refractivity contribution in [2.75, 3.05) is 0 Å². The van der Waals surface area contributed by atoms with E-state index in [0.29, 0.717) is 0 Å².